The summed E-state index contributed by atoms with van der Waals surface area (Å²) in [7, 11) is 1.75. The topological polar surface area (TPSA) is 65.5 Å². The number of likely N-dealkylation sites (N-methyl/N-ethyl adjacent to an activating group) is 1. The van der Waals surface area contributed by atoms with Crippen molar-refractivity contribution in [3.63, 3.8) is 0 Å². The summed E-state index contributed by atoms with van der Waals surface area (Å²) < 4.78 is 0. The molecule has 1 aliphatic heterocycles. The van der Waals surface area contributed by atoms with Crippen molar-refractivity contribution in [3.05, 3.63) is 42.1 Å². The van der Waals surface area contributed by atoms with E-state index in [9.17, 15) is 9.90 Å². The molecule has 0 spiro atoms. The number of aromatic nitrogens is 1. The number of benzene rings is 1. The number of nitrogens with zero attached hydrogens (tertiary/aromatic N) is 2. The van der Waals surface area contributed by atoms with Gasteiger partial charge < -0.3 is 15.3 Å². The van der Waals surface area contributed by atoms with Crippen molar-refractivity contribution in [1.29, 1.82) is 0 Å². The molecule has 2 heterocycles. The first-order chi connectivity index (χ1) is 10.7. The Kier molecular flexibility index (Phi) is 4.36. The van der Waals surface area contributed by atoms with Gasteiger partial charge in [-0.15, -0.1) is 0 Å². The molecule has 5 nitrogen and oxygen atoms in total. The zero-order valence-electron chi connectivity index (χ0n) is 12.7. The third-order valence-electron chi connectivity index (χ3n) is 4.31. The van der Waals surface area contributed by atoms with Crippen molar-refractivity contribution in [3.8, 4) is 0 Å². The van der Waals surface area contributed by atoms with Crippen LogP contribution in [0.15, 0.2) is 36.5 Å². The third kappa shape index (κ3) is 2.96. The molecule has 1 saturated heterocycles. The Morgan fingerprint density at radius 1 is 1.36 bits per heavy atom. The van der Waals surface area contributed by atoms with Crippen molar-refractivity contribution < 1.29 is 9.90 Å². The lowest BCUT2D eigenvalue weighted by Gasteiger charge is -2.16. The first-order valence-corrected chi connectivity index (χ1v) is 7.62. The Morgan fingerprint density at radius 2 is 2.18 bits per heavy atom. The second kappa shape index (κ2) is 6.42. The fourth-order valence-electron chi connectivity index (χ4n) is 3.14. The maximum atomic E-state index is 11.9. The van der Waals surface area contributed by atoms with Gasteiger partial charge in [-0.25, -0.2) is 0 Å². The average molecular weight is 299 g/mol. The standard InChI is InChI=1S/C17H21N3O2/c1-18-9-17(22)20-10-13(16(21)11-20)8-12-6-7-19-15-5-3-2-4-14(12)15/h2-7,13,16,18,21H,8-11H2,1H3/t13-,16-/m1/s1. The van der Waals surface area contributed by atoms with Gasteiger partial charge in [-0.05, 0) is 31.2 Å². The molecule has 0 aliphatic carbocycles. The number of β-amino-alcohol motifs (C(OH)–C–C–N with tert-alkyl or cyclic N) is 1. The second-order valence-corrected chi connectivity index (χ2v) is 5.85. The minimum absolute atomic E-state index is 0.0450. The van der Waals surface area contributed by atoms with E-state index in [2.05, 4.69) is 16.4 Å². The number of nitrogens with one attached hydrogen (secondary N) is 1. The Morgan fingerprint density at radius 3 is 3.00 bits per heavy atom. The van der Waals surface area contributed by atoms with Gasteiger partial charge in [0.2, 0.25) is 5.91 Å². The summed E-state index contributed by atoms with van der Waals surface area (Å²) in [5.41, 5.74) is 2.15. The van der Waals surface area contributed by atoms with Crippen LogP contribution >= 0.6 is 0 Å². The van der Waals surface area contributed by atoms with E-state index in [1.165, 1.54) is 5.56 Å². The number of fused-ring (bicyclic) bond motifs is 1. The van der Waals surface area contributed by atoms with Gasteiger partial charge in [-0.3, -0.25) is 9.78 Å². The molecule has 2 aromatic rings. The van der Waals surface area contributed by atoms with Crippen LogP contribution in [-0.2, 0) is 11.2 Å². The summed E-state index contributed by atoms with van der Waals surface area (Å²) in [5.74, 6) is 0.121. The lowest BCUT2D eigenvalue weighted by molar-refractivity contribution is -0.129. The van der Waals surface area contributed by atoms with Crippen molar-refractivity contribution >= 4 is 16.8 Å². The van der Waals surface area contributed by atoms with Gasteiger partial charge in [0.15, 0.2) is 0 Å². The normalized spacial score (nSPS) is 21.5. The molecule has 0 saturated carbocycles. The molecule has 2 N–H and O–H groups in total. The lowest BCUT2D eigenvalue weighted by Crippen LogP contribution is -2.36. The molecule has 1 aromatic heterocycles. The Labute approximate surface area is 130 Å². The molecule has 3 rings (SSSR count). The van der Waals surface area contributed by atoms with Crippen LogP contribution in [0.4, 0.5) is 0 Å². The molecule has 5 heteroatoms. The summed E-state index contributed by atoms with van der Waals surface area (Å²) in [5, 5.41) is 14.3. The molecule has 0 unspecified atom stereocenters. The van der Waals surface area contributed by atoms with Gasteiger partial charge in [0.1, 0.15) is 0 Å². The molecule has 1 aromatic carbocycles. The van der Waals surface area contributed by atoms with E-state index in [0.29, 0.717) is 19.6 Å². The van der Waals surface area contributed by atoms with E-state index < -0.39 is 6.10 Å². The minimum atomic E-state index is -0.465. The van der Waals surface area contributed by atoms with E-state index in [-0.39, 0.29) is 11.8 Å². The van der Waals surface area contributed by atoms with Crippen LogP contribution in [0.5, 0.6) is 0 Å². The number of carbonyl (C=O) groups is 1. The fraction of sp³-hybridized carbons (Fsp3) is 0.412. The molecule has 0 bridgehead atoms. The van der Waals surface area contributed by atoms with E-state index in [0.717, 1.165) is 17.3 Å². The second-order valence-electron chi connectivity index (χ2n) is 5.85. The maximum Gasteiger partial charge on any atom is 0.236 e. The van der Waals surface area contributed by atoms with Gasteiger partial charge in [0.25, 0.3) is 0 Å². The summed E-state index contributed by atoms with van der Waals surface area (Å²) in [4.78, 5) is 18.1. The van der Waals surface area contributed by atoms with Crippen LogP contribution in [0.1, 0.15) is 5.56 Å². The van der Waals surface area contributed by atoms with Crippen LogP contribution in [0, 0.1) is 5.92 Å². The molecule has 1 fully saturated rings. The smallest absolute Gasteiger partial charge is 0.236 e. The summed E-state index contributed by atoms with van der Waals surface area (Å²) in [6.07, 6.45) is 2.10. The maximum absolute atomic E-state index is 11.9. The van der Waals surface area contributed by atoms with Crippen molar-refractivity contribution in [1.82, 2.24) is 15.2 Å². The van der Waals surface area contributed by atoms with E-state index in [1.807, 2.05) is 30.5 Å². The largest absolute Gasteiger partial charge is 0.391 e. The van der Waals surface area contributed by atoms with Crippen molar-refractivity contribution in [2.75, 3.05) is 26.7 Å². The van der Waals surface area contributed by atoms with Crippen LogP contribution in [0.3, 0.4) is 0 Å². The Hall–Kier alpha value is -1.98. The highest BCUT2D eigenvalue weighted by molar-refractivity contribution is 5.82. The Bertz CT molecular complexity index is 669. The molecule has 2 atom stereocenters. The number of rotatable bonds is 4. The number of para-hydroxylation sites is 1. The molecule has 116 valence electrons. The van der Waals surface area contributed by atoms with Crippen LogP contribution in [0.2, 0.25) is 0 Å². The number of pyridine rings is 1. The zero-order chi connectivity index (χ0) is 15.5. The predicted molar refractivity (Wildman–Crippen MR) is 85.5 cm³/mol. The van der Waals surface area contributed by atoms with Crippen molar-refractivity contribution in [2.24, 2.45) is 5.92 Å². The Balaban J connectivity index is 1.76. The van der Waals surface area contributed by atoms with E-state index in [1.54, 1.807) is 11.9 Å². The zero-order valence-corrected chi connectivity index (χ0v) is 12.7. The fourth-order valence-corrected chi connectivity index (χ4v) is 3.14. The van der Waals surface area contributed by atoms with Gasteiger partial charge in [0, 0.05) is 30.6 Å². The SMILES string of the molecule is CNCC(=O)N1C[C@@H](Cc2ccnc3ccccc23)[C@H](O)C1. The van der Waals surface area contributed by atoms with Crippen LogP contribution < -0.4 is 5.32 Å². The van der Waals surface area contributed by atoms with Crippen molar-refractivity contribution in [2.45, 2.75) is 12.5 Å². The van der Waals surface area contributed by atoms with E-state index >= 15 is 0 Å². The highest BCUT2D eigenvalue weighted by atomic mass is 16.3. The number of hydrogen-bond acceptors (Lipinski definition) is 4. The predicted octanol–water partition coefficient (Wildman–Crippen LogP) is 0.816. The molecule has 1 amide bonds. The van der Waals surface area contributed by atoms with Gasteiger partial charge in [-0.2, -0.15) is 0 Å². The highest BCUT2D eigenvalue weighted by Crippen LogP contribution is 2.25. The van der Waals surface area contributed by atoms with E-state index in [4.69, 9.17) is 0 Å². The summed E-state index contributed by atoms with van der Waals surface area (Å²) >= 11 is 0. The monoisotopic (exact) mass is 299 g/mol. The molecular weight excluding hydrogens is 278 g/mol. The lowest BCUT2D eigenvalue weighted by atomic mass is 9.94. The molecule has 22 heavy (non-hydrogen) atoms. The summed E-state index contributed by atoms with van der Waals surface area (Å²) in [6, 6.07) is 10.0. The third-order valence-corrected chi connectivity index (χ3v) is 4.31. The summed E-state index contributed by atoms with van der Waals surface area (Å²) in [6.45, 7) is 1.35. The first kappa shape index (κ1) is 14.9. The van der Waals surface area contributed by atoms with Gasteiger partial charge >= 0.3 is 0 Å². The number of likely N-dealkylation sites (tertiary alicyclic amines) is 1. The highest BCUT2D eigenvalue weighted by Gasteiger charge is 2.33. The number of amides is 1. The first-order valence-electron chi connectivity index (χ1n) is 7.62. The van der Waals surface area contributed by atoms with Gasteiger partial charge in [-0.1, -0.05) is 18.2 Å². The molecular formula is C17H21N3O2. The number of aliphatic hydroxyl groups excluding tert-OH is 1. The quantitative estimate of drug-likeness (QED) is 0.877. The number of hydrogen-bond donors (Lipinski definition) is 2. The van der Waals surface area contributed by atoms with Gasteiger partial charge in [0.05, 0.1) is 18.2 Å². The average Bonchev–Trinajstić information content (AvgIpc) is 2.89. The minimum Gasteiger partial charge on any atom is -0.391 e. The molecule has 0 radical (unpaired) electrons. The number of carbonyl (C=O) groups excluding carboxylic acids is 1. The van der Waals surface area contributed by atoms with Crippen LogP contribution in [-0.4, -0.2) is 53.7 Å². The molecule has 1 aliphatic rings. The number of aliphatic hydroxyl groups is 1. The van der Waals surface area contributed by atoms with Crippen LogP contribution in [0.25, 0.3) is 10.9 Å².